The Kier molecular flexibility index (Phi) is 2.64. The van der Waals surface area contributed by atoms with Crippen LogP contribution in [-0.4, -0.2) is 17.6 Å². The van der Waals surface area contributed by atoms with Gasteiger partial charge in [0, 0.05) is 30.6 Å². The summed E-state index contributed by atoms with van der Waals surface area (Å²) in [6.07, 6.45) is 2.16. The van der Waals surface area contributed by atoms with Gasteiger partial charge >= 0.3 is 0 Å². The van der Waals surface area contributed by atoms with Crippen molar-refractivity contribution in [2.75, 3.05) is 11.4 Å². The van der Waals surface area contributed by atoms with Gasteiger partial charge < -0.3 is 10.0 Å². The second kappa shape index (κ2) is 3.96. The van der Waals surface area contributed by atoms with Crippen LogP contribution in [0.4, 0.5) is 10.1 Å². The number of hydrogen-bond acceptors (Lipinski definition) is 2. The maximum atomic E-state index is 12.9. The van der Waals surface area contributed by atoms with Crippen LogP contribution in [0.5, 0.6) is 5.75 Å². The number of halogens is 1. The summed E-state index contributed by atoms with van der Waals surface area (Å²) in [6.45, 7) is 4.18. The van der Waals surface area contributed by atoms with Crippen molar-refractivity contribution in [2.45, 2.75) is 6.42 Å². The Morgan fingerprint density at radius 2 is 2.31 bits per heavy atom. The molecule has 1 aromatic carbocycles. The lowest BCUT2D eigenvalue weighted by Crippen LogP contribution is -2.24. The van der Waals surface area contributed by atoms with Gasteiger partial charge in [-0.2, -0.15) is 0 Å². The first-order valence-corrected chi connectivity index (χ1v) is 5.03. The van der Waals surface area contributed by atoms with E-state index in [1.54, 1.807) is 6.08 Å². The maximum absolute atomic E-state index is 12.9. The first-order valence-electron chi connectivity index (χ1n) is 5.03. The molecule has 1 unspecified atom stereocenters. The zero-order valence-corrected chi connectivity index (χ0v) is 8.69. The number of phenolic OH excluding ortho intramolecular Hbond substituents is 1. The van der Waals surface area contributed by atoms with E-state index in [-0.39, 0.29) is 11.8 Å². The second-order valence-electron chi connectivity index (χ2n) is 3.84. The van der Waals surface area contributed by atoms with Crippen molar-refractivity contribution in [1.29, 1.82) is 0 Å². The van der Waals surface area contributed by atoms with Crippen LogP contribution in [0.3, 0.4) is 0 Å². The Labute approximate surface area is 92.8 Å². The molecular weight excluding hydrogens is 209 g/mol. The Balaban J connectivity index is 2.27. The van der Waals surface area contributed by atoms with Crippen molar-refractivity contribution in [1.82, 2.24) is 0 Å². The van der Waals surface area contributed by atoms with Crippen LogP contribution in [0, 0.1) is 11.7 Å². The van der Waals surface area contributed by atoms with Crippen molar-refractivity contribution < 1.29 is 14.3 Å². The van der Waals surface area contributed by atoms with Crippen molar-refractivity contribution in [3.05, 3.63) is 36.7 Å². The van der Waals surface area contributed by atoms with E-state index < -0.39 is 11.6 Å². The summed E-state index contributed by atoms with van der Waals surface area (Å²) in [5, 5.41) is 9.24. The van der Waals surface area contributed by atoms with Gasteiger partial charge in [-0.15, -0.1) is 6.58 Å². The molecule has 1 aliphatic rings. The van der Waals surface area contributed by atoms with Crippen LogP contribution in [0.15, 0.2) is 30.9 Å². The Morgan fingerprint density at radius 3 is 2.88 bits per heavy atom. The molecular formula is C12H12FNO2. The third kappa shape index (κ3) is 1.78. The molecule has 1 atom stereocenters. The predicted octanol–water partition coefficient (Wildman–Crippen LogP) is 2.07. The molecule has 0 aromatic heterocycles. The minimum atomic E-state index is -0.685. The molecule has 16 heavy (non-hydrogen) atoms. The van der Waals surface area contributed by atoms with Gasteiger partial charge in [-0.3, -0.25) is 4.79 Å². The summed E-state index contributed by atoms with van der Waals surface area (Å²) < 4.78 is 12.9. The fourth-order valence-corrected chi connectivity index (χ4v) is 1.81. The maximum Gasteiger partial charge on any atom is 0.227 e. The highest BCUT2D eigenvalue weighted by molar-refractivity contribution is 5.96. The number of hydrogen-bond donors (Lipinski definition) is 1. The monoisotopic (exact) mass is 221 g/mol. The molecule has 84 valence electrons. The van der Waals surface area contributed by atoms with Crippen LogP contribution >= 0.6 is 0 Å². The zero-order valence-electron chi connectivity index (χ0n) is 8.69. The molecule has 0 aliphatic carbocycles. The number of rotatable bonds is 2. The van der Waals surface area contributed by atoms with Crippen LogP contribution in [0.1, 0.15) is 6.42 Å². The van der Waals surface area contributed by atoms with E-state index in [0.717, 1.165) is 6.07 Å². The summed E-state index contributed by atoms with van der Waals surface area (Å²) in [5.74, 6) is -1.03. The highest BCUT2D eigenvalue weighted by Gasteiger charge is 2.28. The van der Waals surface area contributed by atoms with Crippen LogP contribution < -0.4 is 4.90 Å². The number of amides is 1. The van der Waals surface area contributed by atoms with E-state index in [0.29, 0.717) is 18.7 Å². The first kappa shape index (κ1) is 10.7. The molecule has 4 heteroatoms. The van der Waals surface area contributed by atoms with Gasteiger partial charge in [-0.1, -0.05) is 6.08 Å². The number of nitrogens with zero attached hydrogens (tertiary/aromatic N) is 1. The minimum Gasteiger partial charge on any atom is -0.505 e. The van der Waals surface area contributed by atoms with E-state index in [1.165, 1.54) is 17.0 Å². The Bertz CT molecular complexity index is 445. The van der Waals surface area contributed by atoms with Gasteiger partial charge in [0.1, 0.15) is 0 Å². The lowest BCUT2D eigenvalue weighted by Gasteiger charge is -2.16. The van der Waals surface area contributed by atoms with E-state index in [1.807, 2.05) is 0 Å². The molecule has 1 heterocycles. The van der Waals surface area contributed by atoms with Gasteiger partial charge in [0.2, 0.25) is 5.91 Å². The topological polar surface area (TPSA) is 40.5 Å². The molecule has 2 rings (SSSR count). The standard InChI is InChI=1S/C12H12FNO2/c1-2-8-5-12(16)14(7-8)9-3-4-10(13)11(15)6-9/h2-4,6,8,15H,1,5,7H2. The molecule has 0 radical (unpaired) electrons. The van der Waals surface area contributed by atoms with Crippen molar-refractivity contribution in [3.8, 4) is 5.75 Å². The van der Waals surface area contributed by atoms with Gasteiger partial charge in [-0.05, 0) is 12.1 Å². The lowest BCUT2D eigenvalue weighted by atomic mass is 10.1. The van der Waals surface area contributed by atoms with Gasteiger partial charge in [-0.25, -0.2) is 4.39 Å². The SMILES string of the molecule is C=CC1CC(=O)N(c2ccc(F)c(O)c2)C1. The van der Waals surface area contributed by atoms with Gasteiger partial charge in [0.15, 0.2) is 11.6 Å². The number of carbonyl (C=O) groups is 1. The fourth-order valence-electron chi connectivity index (χ4n) is 1.81. The molecule has 1 N–H and O–H groups in total. The molecule has 3 nitrogen and oxygen atoms in total. The van der Waals surface area contributed by atoms with E-state index in [9.17, 15) is 14.3 Å². The summed E-state index contributed by atoms with van der Waals surface area (Å²) in [7, 11) is 0. The summed E-state index contributed by atoms with van der Waals surface area (Å²) in [6, 6.07) is 3.90. The largest absolute Gasteiger partial charge is 0.505 e. The molecule has 0 spiro atoms. The first-order chi connectivity index (χ1) is 7.61. The lowest BCUT2D eigenvalue weighted by molar-refractivity contribution is -0.117. The molecule has 0 bridgehead atoms. The number of anilines is 1. The van der Waals surface area contributed by atoms with Crippen LogP contribution in [-0.2, 0) is 4.79 Å². The molecule has 1 aliphatic heterocycles. The van der Waals surface area contributed by atoms with Crippen molar-refractivity contribution in [2.24, 2.45) is 5.92 Å². The second-order valence-corrected chi connectivity index (χ2v) is 3.84. The average Bonchev–Trinajstić information content (AvgIpc) is 2.64. The summed E-state index contributed by atoms with van der Waals surface area (Å²) in [4.78, 5) is 13.2. The van der Waals surface area contributed by atoms with Gasteiger partial charge in [0.05, 0.1) is 0 Å². The van der Waals surface area contributed by atoms with Crippen molar-refractivity contribution >= 4 is 11.6 Å². The highest BCUT2D eigenvalue weighted by atomic mass is 19.1. The predicted molar refractivity (Wildman–Crippen MR) is 58.7 cm³/mol. The smallest absolute Gasteiger partial charge is 0.227 e. The number of carbonyl (C=O) groups excluding carboxylic acids is 1. The van der Waals surface area contributed by atoms with Crippen LogP contribution in [0.2, 0.25) is 0 Å². The Hall–Kier alpha value is -1.84. The minimum absolute atomic E-state index is 0.0316. The third-order valence-corrected chi connectivity index (χ3v) is 2.73. The summed E-state index contributed by atoms with van der Waals surface area (Å²) >= 11 is 0. The molecule has 1 saturated heterocycles. The molecule has 1 aromatic rings. The summed E-state index contributed by atoms with van der Waals surface area (Å²) in [5.41, 5.74) is 0.522. The fraction of sp³-hybridized carbons (Fsp3) is 0.250. The van der Waals surface area contributed by atoms with Crippen LogP contribution in [0.25, 0.3) is 0 Å². The number of aromatic hydroxyl groups is 1. The van der Waals surface area contributed by atoms with E-state index in [2.05, 4.69) is 6.58 Å². The van der Waals surface area contributed by atoms with Crippen molar-refractivity contribution in [3.63, 3.8) is 0 Å². The van der Waals surface area contributed by atoms with Gasteiger partial charge in [0.25, 0.3) is 0 Å². The third-order valence-electron chi connectivity index (χ3n) is 2.73. The highest BCUT2D eigenvalue weighted by Crippen LogP contribution is 2.29. The number of phenols is 1. The molecule has 0 saturated carbocycles. The zero-order chi connectivity index (χ0) is 11.7. The average molecular weight is 221 g/mol. The quantitative estimate of drug-likeness (QED) is 0.776. The number of benzene rings is 1. The normalized spacial score (nSPS) is 20.2. The molecule has 1 fully saturated rings. The Morgan fingerprint density at radius 1 is 1.56 bits per heavy atom. The van der Waals surface area contributed by atoms with E-state index >= 15 is 0 Å². The molecule has 1 amide bonds. The van der Waals surface area contributed by atoms with E-state index in [4.69, 9.17) is 0 Å².